The van der Waals surface area contributed by atoms with E-state index in [4.69, 9.17) is 4.74 Å². The van der Waals surface area contributed by atoms with E-state index in [0.29, 0.717) is 11.3 Å². The molecule has 0 aliphatic heterocycles. The quantitative estimate of drug-likeness (QED) is 0.271. The Morgan fingerprint density at radius 3 is 2.36 bits per heavy atom. The van der Waals surface area contributed by atoms with Crippen molar-refractivity contribution in [3.63, 3.8) is 0 Å². The highest BCUT2D eigenvalue weighted by Crippen LogP contribution is 2.28. The maximum atomic E-state index is 13.9. The smallest absolute Gasteiger partial charge is 0.407 e. The molecule has 3 aromatic rings. The number of hydrogen-bond acceptors (Lipinski definition) is 7. The molecule has 2 aromatic carbocycles. The Morgan fingerprint density at radius 2 is 1.71 bits per heavy atom. The number of carbonyl (C=O) groups excluding carboxylic acids is 2. The number of aliphatic hydroxyl groups is 1. The number of benzene rings is 2. The molecular formula is C31H38N4O6S. The first kappa shape index (κ1) is 31.1. The molecule has 0 spiro atoms. The number of pyridine rings is 1. The van der Waals surface area contributed by atoms with Crippen LogP contribution >= 0.6 is 0 Å². The number of amides is 2. The van der Waals surface area contributed by atoms with Gasteiger partial charge < -0.3 is 20.5 Å². The van der Waals surface area contributed by atoms with Gasteiger partial charge in [-0.2, -0.15) is 4.31 Å². The SMILES string of the molecule is CC(=O)Nc1ccc(S(=O)(=O)N(CC2CCCC2)C[C@H](O)C(Cc2ccccc2)NC(=O)OCc2cccnc2)cc1. The monoisotopic (exact) mass is 594 g/mol. The molecule has 2 amide bonds. The summed E-state index contributed by atoms with van der Waals surface area (Å²) >= 11 is 0. The fourth-order valence-electron chi connectivity index (χ4n) is 5.13. The average molecular weight is 595 g/mol. The number of alkyl carbamates (subject to hydrolysis) is 1. The first-order chi connectivity index (χ1) is 20.2. The summed E-state index contributed by atoms with van der Waals surface area (Å²) in [6, 6.07) is 18.0. The van der Waals surface area contributed by atoms with Gasteiger partial charge in [-0.15, -0.1) is 0 Å². The number of aliphatic hydroxyl groups excluding tert-OH is 1. The topological polar surface area (TPSA) is 138 Å². The Morgan fingerprint density at radius 1 is 1.02 bits per heavy atom. The zero-order valence-electron chi connectivity index (χ0n) is 23.7. The Bertz CT molecular complexity index is 1400. The third-order valence-corrected chi connectivity index (χ3v) is 9.14. The van der Waals surface area contributed by atoms with E-state index in [-0.39, 0.29) is 42.8 Å². The van der Waals surface area contributed by atoms with Crippen molar-refractivity contribution < 1.29 is 27.9 Å². The van der Waals surface area contributed by atoms with E-state index in [1.54, 1.807) is 24.5 Å². The highest BCUT2D eigenvalue weighted by atomic mass is 32.2. The number of sulfonamides is 1. The van der Waals surface area contributed by atoms with Gasteiger partial charge in [0.05, 0.1) is 17.0 Å². The molecule has 1 aliphatic carbocycles. The maximum absolute atomic E-state index is 13.9. The number of nitrogens with one attached hydrogen (secondary N) is 2. The van der Waals surface area contributed by atoms with Crippen LogP contribution in [0.1, 0.15) is 43.7 Å². The number of hydrogen-bond donors (Lipinski definition) is 3. The molecule has 1 saturated carbocycles. The fourth-order valence-corrected chi connectivity index (χ4v) is 6.66. The van der Waals surface area contributed by atoms with E-state index in [0.717, 1.165) is 31.2 Å². The molecule has 3 N–H and O–H groups in total. The summed E-state index contributed by atoms with van der Waals surface area (Å²) < 4.78 is 34.4. The summed E-state index contributed by atoms with van der Waals surface area (Å²) in [5.41, 5.74) is 2.07. The van der Waals surface area contributed by atoms with Gasteiger partial charge in [0.2, 0.25) is 15.9 Å². The Labute approximate surface area is 247 Å². The third kappa shape index (κ3) is 9.10. The standard InChI is InChI=1S/C31H38N4O6S/c1-23(36)33-27-13-15-28(16-14-27)42(39,40)35(20-25-10-5-6-11-25)21-30(37)29(18-24-8-3-2-4-9-24)34-31(38)41-22-26-12-7-17-32-19-26/h2-4,7-9,12-17,19,25,29-30,37H,5-6,10-11,18,20-22H2,1H3,(H,33,36)(H,34,38)/t29?,30-/m0/s1. The molecule has 1 aromatic heterocycles. The Hall–Kier alpha value is -3.80. The molecular weight excluding hydrogens is 556 g/mol. The first-order valence-corrected chi connectivity index (χ1v) is 15.6. The number of ether oxygens (including phenoxy) is 1. The summed E-state index contributed by atoms with van der Waals surface area (Å²) in [7, 11) is -4.00. The van der Waals surface area contributed by atoms with Crippen molar-refractivity contribution >= 4 is 27.7 Å². The summed E-state index contributed by atoms with van der Waals surface area (Å²) in [5, 5.41) is 16.9. The van der Waals surface area contributed by atoms with Crippen molar-refractivity contribution in [1.82, 2.24) is 14.6 Å². The first-order valence-electron chi connectivity index (χ1n) is 14.1. The number of nitrogens with zero attached hydrogens (tertiary/aromatic N) is 2. The van der Waals surface area contributed by atoms with Gasteiger partial charge in [-0.3, -0.25) is 9.78 Å². The number of aromatic nitrogens is 1. The van der Waals surface area contributed by atoms with Crippen LogP contribution in [-0.2, 0) is 32.6 Å². The summed E-state index contributed by atoms with van der Waals surface area (Å²) in [6.45, 7) is 1.43. The van der Waals surface area contributed by atoms with Gasteiger partial charge in [0.1, 0.15) is 6.61 Å². The van der Waals surface area contributed by atoms with Crippen LogP contribution in [0.2, 0.25) is 0 Å². The number of rotatable bonds is 13. The average Bonchev–Trinajstić information content (AvgIpc) is 3.50. The van der Waals surface area contributed by atoms with Crippen molar-refractivity contribution in [3.8, 4) is 0 Å². The van der Waals surface area contributed by atoms with E-state index in [9.17, 15) is 23.1 Å². The van der Waals surface area contributed by atoms with Gasteiger partial charge >= 0.3 is 6.09 Å². The molecule has 4 rings (SSSR count). The lowest BCUT2D eigenvalue weighted by Crippen LogP contribution is -2.51. The summed E-state index contributed by atoms with van der Waals surface area (Å²) in [6.07, 6.45) is 5.43. The predicted octanol–water partition coefficient (Wildman–Crippen LogP) is 4.12. The van der Waals surface area contributed by atoms with Gasteiger partial charge in [0, 0.05) is 43.7 Å². The van der Waals surface area contributed by atoms with Crippen LogP contribution in [-0.4, -0.2) is 60.0 Å². The van der Waals surface area contributed by atoms with Crippen LogP contribution in [0.3, 0.4) is 0 Å². The summed E-state index contributed by atoms with van der Waals surface area (Å²) in [5.74, 6) is -0.0804. The van der Waals surface area contributed by atoms with Gasteiger partial charge in [-0.25, -0.2) is 13.2 Å². The van der Waals surface area contributed by atoms with E-state index >= 15 is 0 Å². The van der Waals surface area contributed by atoms with E-state index in [2.05, 4.69) is 15.6 Å². The fraction of sp³-hybridized carbons (Fsp3) is 0.387. The number of anilines is 1. The van der Waals surface area contributed by atoms with E-state index in [1.165, 1.54) is 35.5 Å². The molecule has 10 nitrogen and oxygen atoms in total. The minimum Gasteiger partial charge on any atom is -0.445 e. The zero-order chi connectivity index (χ0) is 30.0. The summed E-state index contributed by atoms with van der Waals surface area (Å²) in [4.78, 5) is 28.3. The molecule has 1 aliphatic rings. The van der Waals surface area contributed by atoms with Crippen LogP contribution in [0.25, 0.3) is 0 Å². The lowest BCUT2D eigenvalue weighted by Gasteiger charge is -2.31. The van der Waals surface area contributed by atoms with Crippen molar-refractivity contribution in [2.24, 2.45) is 5.92 Å². The Balaban J connectivity index is 1.53. The molecule has 0 bridgehead atoms. The predicted molar refractivity (Wildman–Crippen MR) is 159 cm³/mol. The highest BCUT2D eigenvalue weighted by molar-refractivity contribution is 7.89. The molecule has 2 atom stereocenters. The van der Waals surface area contributed by atoms with Crippen LogP contribution in [0.5, 0.6) is 0 Å². The van der Waals surface area contributed by atoms with Crippen molar-refractivity contribution in [1.29, 1.82) is 0 Å². The molecule has 11 heteroatoms. The number of carbonyl (C=O) groups is 2. The van der Waals surface area contributed by atoms with Crippen molar-refractivity contribution in [2.75, 3.05) is 18.4 Å². The molecule has 1 fully saturated rings. The molecule has 224 valence electrons. The van der Waals surface area contributed by atoms with Crippen LogP contribution in [0.15, 0.2) is 84.0 Å². The van der Waals surface area contributed by atoms with Gasteiger partial charge in [-0.05, 0) is 61.1 Å². The van der Waals surface area contributed by atoms with E-state index in [1.807, 2.05) is 30.3 Å². The second-order valence-corrected chi connectivity index (χ2v) is 12.6. The zero-order valence-corrected chi connectivity index (χ0v) is 24.5. The second kappa shape index (κ2) is 14.9. The van der Waals surface area contributed by atoms with Crippen LogP contribution in [0, 0.1) is 5.92 Å². The molecule has 0 saturated heterocycles. The van der Waals surface area contributed by atoms with Gasteiger partial charge in [0.25, 0.3) is 0 Å². The molecule has 1 unspecified atom stereocenters. The lowest BCUT2D eigenvalue weighted by molar-refractivity contribution is -0.114. The van der Waals surface area contributed by atoms with E-state index < -0.39 is 28.3 Å². The molecule has 1 heterocycles. The lowest BCUT2D eigenvalue weighted by atomic mass is 10.0. The van der Waals surface area contributed by atoms with Crippen LogP contribution in [0.4, 0.5) is 10.5 Å². The highest BCUT2D eigenvalue weighted by Gasteiger charge is 2.33. The van der Waals surface area contributed by atoms with Gasteiger partial charge in [0.15, 0.2) is 0 Å². The van der Waals surface area contributed by atoms with Crippen LogP contribution < -0.4 is 10.6 Å². The molecule has 0 radical (unpaired) electrons. The third-order valence-electron chi connectivity index (χ3n) is 7.30. The molecule has 42 heavy (non-hydrogen) atoms. The van der Waals surface area contributed by atoms with Crippen molar-refractivity contribution in [2.45, 2.75) is 62.7 Å². The normalized spacial score (nSPS) is 15.2. The van der Waals surface area contributed by atoms with Gasteiger partial charge in [-0.1, -0.05) is 49.2 Å². The van der Waals surface area contributed by atoms with Crippen molar-refractivity contribution in [3.05, 3.63) is 90.3 Å². The Kier molecular flexibility index (Phi) is 11.0. The second-order valence-electron chi connectivity index (χ2n) is 10.6. The largest absolute Gasteiger partial charge is 0.445 e. The minimum atomic E-state index is -4.00. The minimum absolute atomic E-state index is 0.00445. The maximum Gasteiger partial charge on any atom is 0.407 e.